The summed E-state index contributed by atoms with van der Waals surface area (Å²) in [5.41, 5.74) is 1.66. The Bertz CT molecular complexity index is 1400. The van der Waals surface area contributed by atoms with Crippen LogP contribution in [0.4, 0.5) is 13.2 Å². The molecule has 3 aromatic rings. The van der Waals surface area contributed by atoms with Crippen molar-refractivity contribution in [3.05, 3.63) is 89.7 Å². The predicted molar refractivity (Wildman–Crippen MR) is 119 cm³/mol. The summed E-state index contributed by atoms with van der Waals surface area (Å²) >= 11 is 7.25. The van der Waals surface area contributed by atoms with Crippen LogP contribution in [0.1, 0.15) is 48.7 Å². The molecular formula is C24H15ClF3NO3S. The number of hydrogen-bond acceptors (Lipinski definition) is 4. The van der Waals surface area contributed by atoms with Crippen molar-refractivity contribution in [1.29, 1.82) is 0 Å². The minimum atomic E-state index is -2.84. The standard InChI is InChI=1S/C24H15ClF3NO3S/c25-23-15(5-4-14-2-1-3-17-16(14)6-7-19(17)30)10-21(33-23)20(31)9-13-8-18(26)24(32)29(11-13)12-22(27)28/h1-3,8,10-11,22H,6-7,9,12H2. The normalized spacial score (nSPS) is 12.6. The number of hydrogen-bond donors (Lipinski definition) is 0. The molecule has 4 rings (SSSR count). The number of alkyl halides is 2. The average molecular weight is 490 g/mol. The van der Waals surface area contributed by atoms with Crippen molar-refractivity contribution < 1.29 is 22.8 Å². The minimum Gasteiger partial charge on any atom is -0.307 e. The summed E-state index contributed by atoms with van der Waals surface area (Å²) < 4.78 is 40.0. The molecule has 2 heterocycles. The highest BCUT2D eigenvalue weighted by molar-refractivity contribution is 7.18. The number of thiophene rings is 1. The lowest BCUT2D eigenvalue weighted by atomic mass is 10.0. The van der Waals surface area contributed by atoms with Crippen molar-refractivity contribution in [3.63, 3.8) is 0 Å². The molecule has 1 aliphatic carbocycles. The zero-order chi connectivity index (χ0) is 23.7. The lowest BCUT2D eigenvalue weighted by Gasteiger charge is -2.08. The van der Waals surface area contributed by atoms with Crippen LogP contribution < -0.4 is 5.56 Å². The molecule has 0 bridgehead atoms. The van der Waals surface area contributed by atoms with Crippen LogP contribution in [0, 0.1) is 17.7 Å². The fourth-order valence-corrected chi connectivity index (χ4v) is 4.77. The molecule has 0 saturated heterocycles. The summed E-state index contributed by atoms with van der Waals surface area (Å²) in [6.45, 7) is -0.961. The first kappa shape index (κ1) is 23.0. The first-order valence-corrected chi connectivity index (χ1v) is 11.1. The van der Waals surface area contributed by atoms with E-state index in [0.29, 0.717) is 32.9 Å². The number of nitrogens with zero attached hydrogens (tertiary/aromatic N) is 1. The number of benzene rings is 1. The monoisotopic (exact) mass is 489 g/mol. The number of aromatic nitrogens is 1. The third kappa shape index (κ3) is 4.95. The molecule has 9 heteroatoms. The van der Waals surface area contributed by atoms with E-state index in [2.05, 4.69) is 11.8 Å². The van der Waals surface area contributed by atoms with Gasteiger partial charge in [-0.05, 0) is 35.7 Å². The number of fused-ring (bicyclic) bond motifs is 1. The maximum Gasteiger partial charge on any atom is 0.286 e. The maximum absolute atomic E-state index is 13.8. The van der Waals surface area contributed by atoms with E-state index in [9.17, 15) is 27.6 Å². The Morgan fingerprint density at radius 3 is 2.67 bits per heavy atom. The second-order valence-corrected chi connectivity index (χ2v) is 9.10. The van der Waals surface area contributed by atoms with Gasteiger partial charge in [-0.15, -0.1) is 11.3 Å². The van der Waals surface area contributed by atoms with Gasteiger partial charge >= 0.3 is 0 Å². The topological polar surface area (TPSA) is 56.1 Å². The summed E-state index contributed by atoms with van der Waals surface area (Å²) in [5, 5.41) is 0. The van der Waals surface area contributed by atoms with E-state index in [4.69, 9.17) is 11.6 Å². The van der Waals surface area contributed by atoms with Crippen molar-refractivity contribution >= 4 is 34.5 Å². The van der Waals surface area contributed by atoms with Crippen molar-refractivity contribution in [2.24, 2.45) is 0 Å². The molecule has 4 nitrogen and oxygen atoms in total. The second kappa shape index (κ2) is 9.38. The maximum atomic E-state index is 13.8. The van der Waals surface area contributed by atoms with Crippen molar-refractivity contribution in [2.45, 2.75) is 32.2 Å². The SMILES string of the molecule is O=C(Cc1cc(F)c(=O)n(CC(F)F)c1)c1cc(C#Cc2cccc3c2CCC3=O)c(Cl)s1. The Morgan fingerprint density at radius 1 is 1.15 bits per heavy atom. The molecule has 33 heavy (non-hydrogen) atoms. The first-order chi connectivity index (χ1) is 15.7. The van der Waals surface area contributed by atoms with E-state index >= 15 is 0 Å². The van der Waals surface area contributed by atoms with E-state index in [1.165, 1.54) is 6.07 Å². The second-order valence-electron chi connectivity index (χ2n) is 7.45. The Labute approximate surface area is 195 Å². The number of rotatable bonds is 5. The van der Waals surface area contributed by atoms with E-state index in [1.807, 2.05) is 6.07 Å². The van der Waals surface area contributed by atoms with Crippen LogP contribution in [0.15, 0.2) is 41.3 Å². The summed E-state index contributed by atoms with van der Waals surface area (Å²) in [4.78, 5) is 36.5. The van der Waals surface area contributed by atoms with Crippen LogP contribution in [0.2, 0.25) is 4.34 Å². The first-order valence-electron chi connectivity index (χ1n) is 9.89. The van der Waals surface area contributed by atoms with Crippen molar-refractivity contribution in [1.82, 2.24) is 4.57 Å². The lowest BCUT2D eigenvalue weighted by Crippen LogP contribution is -2.26. The molecule has 2 aromatic heterocycles. The van der Waals surface area contributed by atoms with Gasteiger partial charge < -0.3 is 4.57 Å². The highest BCUT2D eigenvalue weighted by Crippen LogP contribution is 2.29. The molecule has 0 atom stereocenters. The Balaban J connectivity index is 1.56. The van der Waals surface area contributed by atoms with Crippen molar-refractivity contribution in [2.75, 3.05) is 0 Å². The van der Waals surface area contributed by atoms with Crippen LogP contribution in [0.3, 0.4) is 0 Å². The summed E-state index contributed by atoms with van der Waals surface area (Å²) in [5.74, 6) is 4.42. The highest BCUT2D eigenvalue weighted by atomic mass is 35.5. The molecule has 168 valence electrons. The number of halogens is 4. The van der Waals surface area contributed by atoms with Gasteiger partial charge in [0.1, 0.15) is 4.34 Å². The van der Waals surface area contributed by atoms with E-state index in [0.717, 1.165) is 34.7 Å². The Kier molecular flexibility index (Phi) is 6.54. The number of pyridine rings is 1. The number of Topliss-reactive ketones (excluding diaryl/α,β-unsaturated/α-hetero) is 2. The number of carbonyl (C=O) groups is 2. The molecule has 1 aliphatic rings. The van der Waals surface area contributed by atoms with Gasteiger partial charge in [0.2, 0.25) is 0 Å². The molecule has 1 aromatic carbocycles. The molecular weight excluding hydrogens is 475 g/mol. The predicted octanol–water partition coefficient (Wildman–Crippen LogP) is 4.92. The third-order valence-corrected chi connectivity index (χ3v) is 6.57. The van der Waals surface area contributed by atoms with Gasteiger partial charge in [-0.1, -0.05) is 35.6 Å². The molecule has 0 N–H and O–H groups in total. The van der Waals surface area contributed by atoms with Gasteiger partial charge in [-0.3, -0.25) is 14.4 Å². The van der Waals surface area contributed by atoms with Gasteiger partial charge in [0.25, 0.3) is 12.0 Å². The van der Waals surface area contributed by atoms with Gasteiger partial charge in [0, 0.05) is 30.2 Å². The smallest absolute Gasteiger partial charge is 0.286 e. The molecule has 0 fully saturated rings. The fourth-order valence-electron chi connectivity index (χ4n) is 3.65. The zero-order valence-electron chi connectivity index (χ0n) is 17.0. The van der Waals surface area contributed by atoms with Crippen LogP contribution in [0.5, 0.6) is 0 Å². The van der Waals surface area contributed by atoms with E-state index in [-0.39, 0.29) is 22.6 Å². The fraction of sp³-hybridized carbons (Fsp3) is 0.208. The Hall–Kier alpha value is -3.15. The summed E-state index contributed by atoms with van der Waals surface area (Å²) in [7, 11) is 0. The number of carbonyl (C=O) groups excluding carboxylic acids is 2. The zero-order valence-corrected chi connectivity index (χ0v) is 18.5. The van der Waals surface area contributed by atoms with E-state index in [1.54, 1.807) is 12.1 Å². The quantitative estimate of drug-likeness (QED) is 0.377. The largest absolute Gasteiger partial charge is 0.307 e. The molecule has 0 spiro atoms. The van der Waals surface area contributed by atoms with Crippen LogP contribution >= 0.6 is 22.9 Å². The molecule has 0 saturated carbocycles. The van der Waals surface area contributed by atoms with Gasteiger partial charge in [0.15, 0.2) is 17.4 Å². The minimum absolute atomic E-state index is 0.0893. The van der Waals surface area contributed by atoms with Gasteiger partial charge in [-0.25, -0.2) is 13.2 Å². The molecule has 0 unspecified atom stereocenters. The summed E-state index contributed by atoms with van der Waals surface area (Å²) in [6.07, 6.45) is -0.989. The molecule has 0 amide bonds. The van der Waals surface area contributed by atoms with E-state index < -0.39 is 30.1 Å². The lowest BCUT2D eigenvalue weighted by molar-refractivity contribution is 0.0987. The van der Waals surface area contributed by atoms with Crippen molar-refractivity contribution in [3.8, 4) is 11.8 Å². The molecule has 0 aliphatic heterocycles. The van der Waals surface area contributed by atoms with Crippen LogP contribution in [0.25, 0.3) is 0 Å². The Morgan fingerprint density at radius 2 is 1.91 bits per heavy atom. The van der Waals surface area contributed by atoms with Gasteiger partial charge in [-0.2, -0.15) is 0 Å². The summed E-state index contributed by atoms with van der Waals surface area (Å²) in [6, 6.07) is 7.75. The van der Waals surface area contributed by atoms with Crippen LogP contribution in [-0.4, -0.2) is 22.6 Å². The number of ketones is 2. The van der Waals surface area contributed by atoms with Gasteiger partial charge in [0.05, 0.1) is 17.0 Å². The molecule has 0 radical (unpaired) electrons. The third-order valence-electron chi connectivity index (χ3n) is 5.17. The highest BCUT2D eigenvalue weighted by Gasteiger charge is 2.21. The average Bonchev–Trinajstić information content (AvgIpc) is 3.33. The van der Waals surface area contributed by atoms with Crippen LogP contribution in [-0.2, 0) is 19.4 Å².